The zero-order valence-electron chi connectivity index (χ0n) is 6.45. The van der Waals surface area contributed by atoms with Crippen LogP contribution < -0.4 is 0 Å². The van der Waals surface area contributed by atoms with Crippen LogP contribution in [0.1, 0.15) is 0 Å². The van der Waals surface area contributed by atoms with E-state index in [1.54, 1.807) is 0 Å². The van der Waals surface area contributed by atoms with Crippen LogP contribution in [0.5, 0.6) is 0 Å². The second-order valence-electron chi connectivity index (χ2n) is 1.80. The van der Waals surface area contributed by atoms with Gasteiger partial charge in [-0.15, -0.1) is 0 Å². The summed E-state index contributed by atoms with van der Waals surface area (Å²) in [5.74, 6) is 0. The van der Waals surface area contributed by atoms with Crippen LogP contribution >= 0.6 is 0 Å². The first-order valence-corrected chi connectivity index (χ1v) is 6.08. The second-order valence-corrected chi connectivity index (χ2v) is 5.40. The average Bonchev–Trinajstić information content (AvgIpc) is 1.63. The molecule has 10 heavy (non-hydrogen) atoms. The molecule has 0 heterocycles. The van der Waals surface area contributed by atoms with Crippen LogP contribution in [-0.4, -0.2) is 38.8 Å². The molecule has 0 saturated heterocycles. The van der Waals surface area contributed by atoms with Crippen LogP contribution in [0.15, 0.2) is 0 Å². The summed E-state index contributed by atoms with van der Waals surface area (Å²) < 4.78 is 31.0. The van der Waals surface area contributed by atoms with E-state index in [0.717, 1.165) is 7.11 Å². The van der Waals surface area contributed by atoms with E-state index in [4.69, 9.17) is 0 Å². The van der Waals surface area contributed by atoms with Gasteiger partial charge in [-0.25, -0.2) is 8.42 Å². The maximum Gasteiger partial charge on any atom is 0.217 e. The molecule has 6 heteroatoms. The first kappa shape index (κ1) is 12.9. The van der Waals surface area contributed by atoms with Crippen molar-refractivity contribution in [2.45, 2.75) is 0 Å². The third kappa shape index (κ3) is 41.3. The highest BCUT2D eigenvalue weighted by Crippen LogP contribution is 1.74. The minimum absolute atomic E-state index is 0.639. The molecule has 0 bridgehead atoms. The van der Waals surface area contributed by atoms with Crippen molar-refractivity contribution in [1.82, 2.24) is 0 Å². The summed E-state index contributed by atoms with van der Waals surface area (Å²) in [6.45, 7) is 0. The molecule has 0 aromatic heterocycles. The summed E-state index contributed by atoms with van der Waals surface area (Å²) in [5, 5.41) is 0. The van der Waals surface area contributed by atoms with Crippen molar-refractivity contribution in [3.05, 3.63) is 0 Å². The Labute approximate surface area is 64.9 Å². The van der Waals surface area contributed by atoms with E-state index in [0.29, 0.717) is 10.9 Å². The highest BCUT2D eigenvalue weighted by Gasteiger charge is 1.79. The van der Waals surface area contributed by atoms with Gasteiger partial charge in [-0.05, 0) is 10.9 Å². The molecule has 0 saturated carbocycles. The first-order valence-electron chi connectivity index (χ1n) is 2.30. The lowest BCUT2D eigenvalue weighted by Crippen LogP contribution is -1.97. The Balaban J connectivity index is 0. The van der Waals surface area contributed by atoms with Gasteiger partial charge in [0.2, 0.25) is 10.4 Å². The van der Waals surface area contributed by atoms with E-state index in [1.165, 1.54) is 0 Å². The van der Waals surface area contributed by atoms with Crippen LogP contribution in [0.25, 0.3) is 0 Å². The molecule has 0 radical (unpaired) electrons. The minimum atomic E-state index is -4.41. The van der Waals surface area contributed by atoms with E-state index >= 15 is 0 Å². The van der Waals surface area contributed by atoms with Crippen molar-refractivity contribution < 1.29 is 17.2 Å². The van der Waals surface area contributed by atoms with Gasteiger partial charge in [0.15, 0.2) is 0 Å². The predicted octanol–water partition coefficient (Wildman–Crippen LogP) is -0.413. The molecule has 0 aromatic rings. The lowest BCUT2D eigenvalue weighted by Gasteiger charge is -1.98. The van der Waals surface area contributed by atoms with E-state index in [2.05, 4.69) is 23.0 Å². The maximum absolute atomic E-state index is 9.22. The van der Waals surface area contributed by atoms with Gasteiger partial charge in [-0.1, -0.05) is 0 Å². The summed E-state index contributed by atoms with van der Waals surface area (Å²) in [5.41, 5.74) is 0. The van der Waals surface area contributed by atoms with E-state index in [9.17, 15) is 13.0 Å². The molecule has 0 amide bonds. The third-order valence-electron chi connectivity index (χ3n) is 0.204. The molecule has 0 spiro atoms. The largest absolute Gasteiger partial charge is 0.726 e. The van der Waals surface area contributed by atoms with Gasteiger partial charge in [0.05, 0.1) is 25.9 Å². The molecular formula is C4H12O4S2. The average molecular weight is 188 g/mol. The molecule has 0 N–H and O–H groups in total. The molecule has 0 unspecified atom stereocenters. The van der Waals surface area contributed by atoms with Crippen LogP contribution in [0.4, 0.5) is 0 Å². The Hall–Kier alpha value is 0.220. The second kappa shape index (κ2) is 5.96. The van der Waals surface area contributed by atoms with Crippen LogP contribution in [-0.2, 0) is 25.5 Å². The lowest BCUT2D eigenvalue weighted by atomic mass is 11.8. The van der Waals surface area contributed by atoms with Gasteiger partial charge in [0, 0.05) is 0 Å². The van der Waals surface area contributed by atoms with Gasteiger partial charge >= 0.3 is 0 Å². The number of hydrogen-bond acceptors (Lipinski definition) is 4. The highest BCUT2D eigenvalue weighted by molar-refractivity contribution is 7.94. The van der Waals surface area contributed by atoms with Crippen LogP contribution in [0.2, 0.25) is 0 Å². The molecule has 64 valence electrons. The lowest BCUT2D eigenvalue weighted by molar-refractivity contribution is 0.314. The van der Waals surface area contributed by atoms with Crippen molar-refractivity contribution in [2.75, 3.05) is 25.9 Å². The summed E-state index contributed by atoms with van der Waals surface area (Å²) in [6.07, 6.45) is 6.58. The van der Waals surface area contributed by atoms with Crippen molar-refractivity contribution in [3.8, 4) is 0 Å². The zero-order valence-corrected chi connectivity index (χ0v) is 8.08. The molecule has 0 rings (SSSR count). The Bertz CT molecular complexity index is 146. The van der Waals surface area contributed by atoms with Crippen molar-refractivity contribution in [2.24, 2.45) is 0 Å². The fourth-order valence-corrected chi connectivity index (χ4v) is 0. The van der Waals surface area contributed by atoms with E-state index < -0.39 is 10.4 Å². The zero-order chi connectivity index (χ0) is 8.78. The van der Waals surface area contributed by atoms with Gasteiger partial charge in [0.25, 0.3) is 0 Å². The molecule has 0 aliphatic rings. The molecule has 4 nitrogen and oxygen atoms in total. The SMILES string of the molecule is COS(=O)(=O)[O-].C[S+](C)C. The van der Waals surface area contributed by atoms with Crippen molar-refractivity contribution in [3.63, 3.8) is 0 Å². The smallest absolute Gasteiger partial charge is 0.217 e. The van der Waals surface area contributed by atoms with Crippen molar-refractivity contribution in [1.29, 1.82) is 0 Å². The standard InChI is InChI=1S/C3H9S.CH4O4S/c1-4(2)3;1-5-6(2,3)4/h1-3H3;1H3,(H,2,3,4)/q+1;/p-1. The summed E-state index contributed by atoms with van der Waals surface area (Å²) >= 11 is 0. The predicted molar refractivity (Wildman–Crippen MR) is 41.8 cm³/mol. The first-order chi connectivity index (χ1) is 4.29. The third-order valence-corrected chi connectivity index (χ3v) is 0.612. The molecule has 0 atom stereocenters. The number of hydrogen-bond donors (Lipinski definition) is 0. The van der Waals surface area contributed by atoms with Gasteiger partial charge in [-0.3, -0.25) is 4.18 Å². The topological polar surface area (TPSA) is 66.4 Å². The van der Waals surface area contributed by atoms with Crippen molar-refractivity contribution >= 4 is 21.3 Å². The van der Waals surface area contributed by atoms with E-state index in [1.807, 2.05) is 0 Å². The Kier molecular flexibility index (Phi) is 7.67. The molecule has 0 fully saturated rings. The normalized spacial score (nSPS) is 10.6. The summed E-state index contributed by atoms with van der Waals surface area (Å²) in [4.78, 5) is 0. The Morgan fingerprint density at radius 2 is 1.40 bits per heavy atom. The Morgan fingerprint density at radius 1 is 1.30 bits per heavy atom. The van der Waals surface area contributed by atoms with Gasteiger partial charge < -0.3 is 4.55 Å². The van der Waals surface area contributed by atoms with E-state index in [-0.39, 0.29) is 0 Å². The summed E-state index contributed by atoms with van der Waals surface area (Å²) in [6, 6.07) is 0. The number of rotatable bonds is 1. The molecule has 0 aromatic carbocycles. The fourth-order valence-electron chi connectivity index (χ4n) is 0. The van der Waals surface area contributed by atoms with Crippen LogP contribution in [0, 0.1) is 0 Å². The molecular weight excluding hydrogens is 176 g/mol. The van der Waals surface area contributed by atoms with Gasteiger partial charge in [-0.2, -0.15) is 0 Å². The highest BCUT2D eigenvalue weighted by atomic mass is 32.3. The minimum Gasteiger partial charge on any atom is -0.726 e. The van der Waals surface area contributed by atoms with Crippen LogP contribution in [0.3, 0.4) is 0 Å². The monoisotopic (exact) mass is 188 g/mol. The summed E-state index contributed by atoms with van der Waals surface area (Å²) in [7, 11) is -2.97. The fraction of sp³-hybridized carbons (Fsp3) is 1.00. The molecule has 0 aliphatic heterocycles. The Morgan fingerprint density at radius 3 is 1.40 bits per heavy atom. The van der Waals surface area contributed by atoms with Gasteiger partial charge in [0.1, 0.15) is 0 Å². The maximum atomic E-state index is 9.22. The molecule has 0 aliphatic carbocycles. The quantitative estimate of drug-likeness (QED) is 0.319.